The van der Waals surface area contributed by atoms with Crippen molar-refractivity contribution in [1.29, 1.82) is 0 Å². The van der Waals surface area contributed by atoms with Gasteiger partial charge in [-0.3, -0.25) is 0 Å². The molecule has 0 aromatic heterocycles. The summed E-state index contributed by atoms with van der Waals surface area (Å²) in [4.78, 5) is 2.62. The fraction of sp³-hybridized carbons (Fsp3) is 0.667. The maximum absolute atomic E-state index is 3.69. The van der Waals surface area contributed by atoms with Crippen LogP contribution in [0.3, 0.4) is 0 Å². The van der Waals surface area contributed by atoms with E-state index in [0.717, 1.165) is 6.54 Å². The Morgan fingerprint density at radius 1 is 1.20 bits per heavy atom. The monoisotopic (exact) mass is 274 g/mol. The van der Waals surface area contributed by atoms with Crippen LogP contribution in [0, 0.1) is 0 Å². The van der Waals surface area contributed by atoms with Crippen LogP contribution in [-0.4, -0.2) is 25.2 Å². The summed E-state index contributed by atoms with van der Waals surface area (Å²) < 4.78 is 0. The fourth-order valence-corrected chi connectivity index (χ4v) is 3.34. The van der Waals surface area contributed by atoms with Crippen LogP contribution < -0.4 is 10.2 Å². The number of para-hydroxylation sites is 1. The normalized spacial score (nSPS) is 23.1. The van der Waals surface area contributed by atoms with Crippen molar-refractivity contribution in [2.75, 3.05) is 18.0 Å². The van der Waals surface area contributed by atoms with Gasteiger partial charge in [0.15, 0.2) is 0 Å². The maximum atomic E-state index is 3.69. The van der Waals surface area contributed by atoms with Crippen LogP contribution in [0.2, 0.25) is 0 Å². The molecule has 2 unspecified atom stereocenters. The lowest BCUT2D eigenvalue weighted by Gasteiger charge is -2.40. The van der Waals surface area contributed by atoms with Crippen LogP contribution in [0.15, 0.2) is 24.3 Å². The highest BCUT2D eigenvalue weighted by Gasteiger charge is 2.26. The maximum Gasteiger partial charge on any atom is 0.0401 e. The van der Waals surface area contributed by atoms with Gasteiger partial charge in [0, 0.05) is 24.3 Å². The smallest absolute Gasteiger partial charge is 0.0401 e. The Labute approximate surface area is 124 Å². The van der Waals surface area contributed by atoms with Crippen molar-refractivity contribution in [3.8, 4) is 0 Å². The van der Waals surface area contributed by atoms with Crippen LogP contribution in [0.4, 0.5) is 5.69 Å². The second kappa shape index (κ2) is 7.68. The van der Waals surface area contributed by atoms with E-state index in [4.69, 9.17) is 0 Å². The molecule has 2 rings (SSSR count). The highest BCUT2D eigenvalue weighted by Crippen LogP contribution is 2.28. The fourth-order valence-electron chi connectivity index (χ4n) is 3.34. The third-order valence-electron chi connectivity index (χ3n) is 4.38. The van der Waals surface area contributed by atoms with Crippen LogP contribution in [0.25, 0.3) is 0 Å². The van der Waals surface area contributed by atoms with Crippen LogP contribution in [-0.2, 0) is 6.42 Å². The van der Waals surface area contributed by atoms with Gasteiger partial charge in [-0.15, -0.1) is 0 Å². The Hall–Kier alpha value is -1.02. The number of nitrogens with one attached hydrogen (secondary N) is 1. The first-order valence-electron chi connectivity index (χ1n) is 8.34. The van der Waals surface area contributed by atoms with Gasteiger partial charge < -0.3 is 10.2 Å². The minimum Gasteiger partial charge on any atom is -0.368 e. The predicted octanol–water partition coefficient (Wildman–Crippen LogP) is 4.00. The number of aryl methyl sites for hydroxylation is 1. The number of hydrogen-bond acceptors (Lipinski definition) is 2. The molecule has 0 saturated carbocycles. The van der Waals surface area contributed by atoms with Gasteiger partial charge >= 0.3 is 0 Å². The molecule has 0 radical (unpaired) electrons. The summed E-state index contributed by atoms with van der Waals surface area (Å²) in [7, 11) is 0. The molecule has 20 heavy (non-hydrogen) atoms. The number of nitrogens with zero attached hydrogens (tertiary/aromatic N) is 1. The highest BCUT2D eigenvalue weighted by molar-refractivity contribution is 5.54. The van der Waals surface area contributed by atoms with Crippen LogP contribution in [0.5, 0.6) is 0 Å². The first kappa shape index (κ1) is 15.4. The molecule has 1 N–H and O–H groups in total. The van der Waals surface area contributed by atoms with Gasteiger partial charge in [0.2, 0.25) is 0 Å². The predicted molar refractivity (Wildman–Crippen MR) is 88.6 cm³/mol. The van der Waals surface area contributed by atoms with Gasteiger partial charge in [0.1, 0.15) is 0 Å². The zero-order chi connectivity index (χ0) is 14.4. The number of rotatable bonds is 6. The third kappa shape index (κ3) is 3.76. The van der Waals surface area contributed by atoms with Crippen molar-refractivity contribution < 1.29 is 0 Å². The zero-order valence-corrected chi connectivity index (χ0v) is 13.4. The molecule has 1 saturated heterocycles. The van der Waals surface area contributed by atoms with Crippen molar-refractivity contribution in [1.82, 2.24) is 5.32 Å². The van der Waals surface area contributed by atoms with Crippen molar-refractivity contribution in [2.45, 2.75) is 65.0 Å². The summed E-state index contributed by atoms with van der Waals surface area (Å²) in [5.41, 5.74) is 2.98. The quantitative estimate of drug-likeness (QED) is 0.843. The van der Waals surface area contributed by atoms with Gasteiger partial charge in [-0.1, -0.05) is 38.5 Å². The van der Waals surface area contributed by atoms with E-state index in [9.17, 15) is 0 Å². The van der Waals surface area contributed by atoms with Gasteiger partial charge in [0.25, 0.3) is 0 Å². The van der Waals surface area contributed by atoms with Crippen molar-refractivity contribution in [3.63, 3.8) is 0 Å². The van der Waals surface area contributed by atoms with Gasteiger partial charge in [-0.2, -0.15) is 0 Å². The highest BCUT2D eigenvalue weighted by atomic mass is 15.2. The third-order valence-corrected chi connectivity index (χ3v) is 4.38. The van der Waals surface area contributed by atoms with E-state index in [2.05, 4.69) is 55.3 Å². The molecule has 0 aliphatic carbocycles. The standard InChI is InChI=1S/C18H30N2/c1-4-8-16-9-6-7-10-18(16)20-13-11-17(14-15(20)3)19-12-5-2/h6-7,9-10,15,17,19H,4-5,8,11-14H2,1-3H3. The number of anilines is 1. The Bertz CT molecular complexity index is 402. The molecule has 0 bridgehead atoms. The molecule has 1 heterocycles. The van der Waals surface area contributed by atoms with Crippen molar-refractivity contribution in [3.05, 3.63) is 29.8 Å². The molecule has 0 spiro atoms. The second-order valence-electron chi connectivity index (χ2n) is 6.10. The Kier molecular flexibility index (Phi) is 5.90. The summed E-state index contributed by atoms with van der Waals surface area (Å²) in [6.45, 7) is 9.23. The summed E-state index contributed by atoms with van der Waals surface area (Å²) in [5.74, 6) is 0. The SMILES string of the molecule is CCCNC1CCN(c2ccccc2CCC)C(C)C1. The molecule has 2 atom stereocenters. The molecule has 1 aromatic rings. The van der Waals surface area contributed by atoms with Gasteiger partial charge in [0.05, 0.1) is 0 Å². The van der Waals surface area contributed by atoms with Crippen LogP contribution in [0.1, 0.15) is 52.0 Å². The molecule has 1 aromatic carbocycles. The second-order valence-corrected chi connectivity index (χ2v) is 6.10. The summed E-state index contributed by atoms with van der Waals surface area (Å²) >= 11 is 0. The molecule has 2 heteroatoms. The topological polar surface area (TPSA) is 15.3 Å². The van der Waals surface area contributed by atoms with Crippen molar-refractivity contribution in [2.24, 2.45) is 0 Å². The Morgan fingerprint density at radius 2 is 2.00 bits per heavy atom. The van der Waals surface area contributed by atoms with Crippen LogP contribution >= 0.6 is 0 Å². The summed E-state index contributed by atoms with van der Waals surface area (Å²) in [6, 6.07) is 10.3. The minimum absolute atomic E-state index is 0.635. The minimum atomic E-state index is 0.635. The Morgan fingerprint density at radius 3 is 2.70 bits per heavy atom. The van der Waals surface area contributed by atoms with E-state index in [1.54, 1.807) is 0 Å². The largest absolute Gasteiger partial charge is 0.368 e. The van der Waals surface area contributed by atoms with E-state index in [-0.39, 0.29) is 0 Å². The van der Waals surface area contributed by atoms with E-state index in [1.165, 1.54) is 49.9 Å². The van der Waals surface area contributed by atoms with E-state index >= 15 is 0 Å². The molecule has 1 aliphatic heterocycles. The van der Waals surface area contributed by atoms with Gasteiger partial charge in [-0.05, 0) is 50.8 Å². The lowest BCUT2D eigenvalue weighted by atomic mass is 9.96. The zero-order valence-electron chi connectivity index (χ0n) is 13.4. The molecular formula is C18H30N2. The average Bonchev–Trinajstić information content (AvgIpc) is 2.46. The first-order valence-corrected chi connectivity index (χ1v) is 8.34. The molecule has 0 amide bonds. The molecule has 1 fully saturated rings. The summed E-state index contributed by atoms with van der Waals surface area (Å²) in [5, 5.41) is 3.69. The molecular weight excluding hydrogens is 244 g/mol. The molecule has 1 aliphatic rings. The summed E-state index contributed by atoms with van der Waals surface area (Å²) in [6.07, 6.45) is 6.18. The first-order chi connectivity index (χ1) is 9.76. The lowest BCUT2D eigenvalue weighted by Crippen LogP contribution is -2.48. The number of hydrogen-bond donors (Lipinski definition) is 1. The van der Waals surface area contributed by atoms with E-state index in [0.29, 0.717) is 12.1 Å². The number of piperidine rings is 1. The van der Waals surface area contributed by atoms with E-state index < -0.39 is 0 Å². The Balaban J connectivity index is 2.03. The number of benzene rings is 1. The molecule has 112 valence electrons. The van der Waals surface area contributed by atoms with Gasteiger partial charge in [-0.25, -0.2) is 0 Å². The van der Waals surface area contributed by atoms with Crippen molar-refractivity contribution >= 4 is 5.69 Å². The van der Waals surface area contributed by atoms with E-state index in [1.807, 2.05) is 0 Å². The lowest BCUT2D eigenvalue weighted by molar-refractivity contribution is 0.368. The molecule has 2 nitrogen and oxygen atoms in total. The average molecular weight is 274 g/mol.